The molecule has 0 spiro atoms. The topological polar surface area (TPSA) is 42.0 Å². The van der Waals surface area contributed by atoms with Crippen molar-refractivity contribution in [3.8, 4) is 0 Å². The number of nitrogens with one attached hydrogen (secondary N) is 1. The molecule has 0 radical (unpaired) electrons. The zero-order valence-corrected chi connectivity index (χ0v) is 14.9. The average Bonchev–Trinajstić information content (AvgIpc) is 2.97. The zero-order valence-electron chi connectivity index (χ0n) is 12.5. The highest BCUT2D eigenvalue weighted by Crippen LogP contribution is 2.22. The second kappa shape index (κ2) is 7.06. The first-order valence-corrected chi connectivity index (χ1v) is 8.78. The van der Waals surface area contributed by atoms with Gasteiger partial charge in [-0.05, 0) is 36.8 Å². The zero-order chi connectivity index (χ0) is 16.2. The number of carbonyl (C=O) groups is 1. The van der Waals surface area contributed by atoms with Gasteiger partial charge in [0.1, 0.15) is 0 Å². The number of thiazole rings is 1. The molecule has 0 aliphatic carbocycles. The van der Waals surface area contributed by atoms with E-state index in [1.807, 2.05) is 18.3 Å². The summed E-state index contributed by atoms with van der Waals surface area (Å²) in [6, 6.07) is 15.7. The van der Waals surface area contributed by atoms with Crippen molar-refractivity contribution in [2.24, 2.45) is 0 Å². The highest BCUT2D eigenvalue weighted by Gasteiger charge is 2.09. The molecule has 3 rings (SSSR count). The molecule has 116 valence electrons. The maximum atomic E-state index is 12.2. The first kappa shape index (κ1) is 15.9. The van der Waals surface area contributed by atoms with Crippen LogP contribution in [0.3, 0.4) is 0 Å². The number of rotatable bonds is 4. The monoisotopic (exact) mass is 386 g/mol. The molecule has 0 bridgehead atoms. The summed E-state index contributed by atoms with van der Waals surface area (Å²) in [6.07, 6.45) is 2.65. The van der Waals surface area contributed by atoms with Crippen LogP contribution < -0.4 is 5.32 Å². The molecular formula is C18H15BrN2OS. The Morgan fingerprint density at radius 3 is 2.52 bits per heavy atom. The van der Waals surface area contributed by atoms with Crippen molar-refractivity contribution < 1.29 is 4.79 Å². The Morgan fingerprint density at radius 1 is 1.13 bits per heavy atom. The predicted octanol–water partition coefficient (Wildman–Crippen LogP) is 5.06. The molecule has 5 heteroatoms. The number of hydrogen-bond donors (Lipinski definition) is 1. The lowest BCUT2D eigenvalue weighted by Crippen LogP contribution is -2.11. The molecule has 2 aromatic carbocycles. The van der Waals surface area contributed by atoms with Gasteiger partial charge in [-0.3, -0.25) is 10.1 Å². The first-order valence-electron chi connectivity index (χ1n) is 7.17. The highest BCUT2D eigenvalue weighted by atomic mass is 79.9. The molecule has 1 N–H and O–H groups in total. The molecule has 0 atom stereocenters. The second-order valence-corrected chi connectivity index (χ2v) is 7.29. The van der Waals surface area contributed by atoms with Crippen LogP contribution >= 0.6 is 27.3 Å². The van der Waals surface area contributed by atoms with Gasteiger partial charge < -0.3 is 0 Å². The normalized spacial score (nSPS) is 10.5. The largest absolute Gasteiger partial charge is 0.298 e. The summed E-state index contributed by atoms with van der Waals surface area (Å²) < 4.78 is 0.948. The quantitative estimate of drug-likeness (QED) is 0.680. The summed E-state index contributed by atoms with van der Waals surface area (Å²) in [5.74, 6) is -0.145. The van der Waals surface area contributed by atoms with Gasteiger partial charge in [0.2, 0.25) is 0 Å². The summed E-state index contributed by atoms with van der Waals surface area (Å²) in [4.78, 5) is 17.6. The Hall–Kier alpha value is -1.98. The molecule has 1 heterocycles. The maximum absolute atomic E-state index is 12.2. The molecule has 1 aromatic heterocycles. The van der Waals surface area contributed by atoms with Gasteiger partial charge in [0.05, 0.1) is 0 Å². The van der Waals surface area contributed by atoms with Gasteiger partial charge in [-0.15, -0.1) is 11.3 Å². The minimum atomic E-state index is -0.145. The summed E-state index contributed by atoms with van der Waals surface area (Å²) >= 11 is 4.86. The lowest BCUT2D eigenvalue weighted by Gasteiger charge is -2.01. The van der Waals surface area contributed by atoms with Crippen molar-refractivity contribution in [1.29, 1.82) is 0 Å². The fraction of sp³-hybridized carbons (Fsp3) is 0.111. The Labute approximate surface area is 147 Å². The lowest BCUT2D eigenvalue weighted by molar-refractivity contribution is 0.102. The van der Waals surface area contributed by atoms with E-state index in [4.69, 9.17) is 0 Å². The number of hydrogen-bond acceptors (Lipinski definition) is 3. The number of amides is 1. The summed E-state index contributed by atoms with van der Waals surface area (Å²) in [7, 11) is 0. The Balaban J connectivity index is 1.66. The molecule has 0 fully saturated rings. The molecule has 1 amide bonds. The molecule has 3 nitrogen and oxygen atoms in total. The molecule has 0 saturated heterocycles. The van der Waals surface area contributed by atoms with Gasteiger partial charge in [-0.2, -0.15) is 0 Å². The average molecular weight is 387 g/mol. The number of carbonyl (C=O) groups excluding carboxylic acids is 1. The fourth-order valence-electron chi connectivity index (χ4n) is 2.12. The van der Waals surface area contributed by atoms with Gasteiger partial charge >= 0.3 is 0 Å². The molecule has 23 heavy (non-hydrogen) atoms. The molecule has 0 aliphatic rings. The van der Waals surface area contributed by atoms with Crippen LogP contribution in [0.1, 0.15) is 26.4 Å². The Kier molecular flexibility index (Phi) is 4.88. The summed E-state index contributed by atoms with van der Waals surface area (Å²) in [5, 5.41) is 3.47. The van der Waals surface area contributed by atoms with Gasteiger partial charge in [0.25, 0.3) is 5.91 Å². The standard InChI is InChI=1S/C18H15BrN2OS/c1-12-2-4-13(5-3-12)10-16-11-20-18(23-16)21-17(22)14-6-8-15(19)9-7-14/h2-9,11H,10H2,1H3,(H,20,21,22). The van der Waals surface area contributed by atoms with Crippen molar-refractivity contribution >= 4 is 38.3 Å². The Bertz CT molecular complexity index is 810. The highest BCUT2D eigenvalue weighted by molar-refractivity contribution is 9.10. The molecule has 0 unspecified atom stereocenters. The van der Waals surface area contributed by atoms with E-state index >= 15 is 0 Å². The Morgan fingerprint density at radius 2 is 1.83 bits per heavy atom. The number of aromatic nitrogens is 1. The lowest BCUT2D eigenvalue weighted by atomic mass is 10.1. The smallest absolute Gasteiger partial charge is 0.257 e. The van der Waals surface area contributed by atoms with E-state index in [2.05, 4.69) is 57.4 Å². The number of benzene rings is 2. The van der Waals surface area contributed by atoms with Crippen LogP contribution in [0.15, 0.2) is 59.2 Å². The van der Waals surface area contributed by atoms with E-state index in [9.17, 15) is 4.79 Å². The van der Waals surface area contributed by atoms with Crippen LogP contribution in [0.25, 0.3) is 0 Å². The van der Waals surface area contributed by atoms with E-state index in [-0.39, 0.29) is 5.91 Å². The van der Waals surface area contributed by atoms with E-state index < -0.39 is 0 Å². The van der Waals surface area contributed by atoms with Gasteiger partial charge in [0, 0.05) is 27.5 Å². The van der Waals surface area contributed by atoms with Crippen molar-refractivity contribution in [2.45, 2.75) is 13.3 Å². The minimum Gasteiger partial charge on any atom is -0.298 e. The fourth-order valence-corrected chi connectivity index (χ4v) is 3.23. The van der Waals surface area contributed by atoms with Crippen molar-refractivity contribution in [3.63, 3.8) is 0 Å². The predicted molar refractivity (Wildman–Crippen MR) is 98.2 cm³/mol. The number of anilines is 1. The van der Waals surface area contributed by atoms with Gasteiger partial charge in [-0.25, -0.2) is 4.98 Å². The van der Waals surface area contributed by atoms with Crippen LogP contribution in [0.5, 0.6) is 0 Å². The van der Waals surface area contributed by atoms with Crippen molar-refractivity contribution in [2.75, 3.05) is 5.32 Å². The minimum absolute atomic E-state index is 0.145. The van der Waals surface area contributed by atoms with Gasteiger partial charge in [-0.1, -0.05) is 45.8 Å². The van der Waals surface area contributed by atoms with Crippen LogP contribution in [0.4, 0.5) is 5.13 Å². The van der Waals surface area contributed by atoms with Gasteiger partial charge in [0.15, 0.2) is 5.13 Å². The SMILES string of the molecule is Cc1ccc(Cc2cnc(NC(=O)c3ccc(Br)cc3)s2)cc1. The molecule has 0 saturated carbocycles. The summed E-state index contributed by atoms with van der Waals surface area (Å²) in [5.41, 5.74) is 3.11. The third-order valence-corrected chi connectivity index (χ3v) is 4.82. The van der Waals surface area contributed by atoms with Crippen molar-refractivity contribution in [3.05, 3.63) is 80.8 Å². The van der Waals surface area contributed by atoms with E-state index in [1.165, 1.54) is 22.5 Å². The molecule has 0 aliphatic heterocycles. The van der Waals surface area contributed by atoms with E-state index in [1.54, 1.807) is 12.1 Å². The molecular weight excluding hydrogens is 372 g/mol. The second-order valence-electron chi connectivity index (χ2n) is 5.26. The van der Waals surface area contributed by atoms with Crippen LogP contribution in [0.2, 0.25) is 0 Å². The molecule has 3 aromatic rings. The number of nitrogens with zero attached hydrogens (tertiary/aromatic N) is 1. The first-order chi connectivity index (χ1) is 11.1. The third kappa shape index (κ3) is 4.27. The number of halogens is 1. The van der Waals surface area contributed by atoms with E-state index in [0.717, 1.165) is 15.8 Å². The summed E-state index contributed by atoms with van der Waals surface area (Å²) in [6.45, 7) is 2.08. The maximum Gasteiger partial charge on any atom is 0.257 e. The number of aryl methyl sites for hydroxylation is 1. The van der Waals surface area contributed by atoms with Crippen LogP contribution in [-0.4, -0.2) is 10.9 Å². The third-order valence-electron chi connectivity index (χ3n) is 3.38. The van der Waals surface area contributed by atoms with Crippen LogP contribution in [-0.2, 0) is 6.42 Å². The van der Waals surface area contributed by atoms with E-state index in [0.29, 0.717) is 10.7 Å². The van der Waals surface area contributed by atoms with Crippen LogP contribution in [0, 0.1) is 6.92 Å². The van der Waals surface area contributed by atoms with Crippen molar-refractivity contribution in [1.82, 2.24) is 4.98 Å².